The Labute approximate surface area is 82.6 Å². The molecular weight excluding hydrogens is 180 g/mol. The Kier molecular flexibility index (Phi) is 6.74. The molecule has 0 saturated carbocycles. The van der Waals surface area contributed by atoms with Crippen molar-refractivity contribution < 1.29 is 9.90 Å². The molecule has 0 aliphatic carbocycles. The molecule has 3 N–H and O–H groups in total. The molecular formula is C10H12N2O2. The average molecular weight is 192 g/mol. The largest absolute Gasteiger partial charge is 0.480 e. The molecule has 0 aromatic heterocycles. The van der Waals surface area contributed by atoms with Gasteiger partial charge in [0.1, 0.15) is 6.42 Å². The summed E-state index contributed by atoms with van der Waals surface area (Å²) >= 11 is 0. The molecule has 4 heteroatoms. The van der Waals surface area contributed by atoms with E-state index < -0.39 is 12.4 Å². The highest BCUT2D eigenvalue weighted by Gasteiger charge is 1.87. The molecule has 1 aromatic rings. The van der Waals surface area contributed by atoms with Gasteiger partial charge in [-0.25, -0.2) is 0 Å². The Morgan fingerprint density at radius 2 is 2.00 bits per heavy atom. The minimum absolute atomic E-state index is 0.403. The zero-order valence-electron chi connectivity index (χ0n) is 7.68. The number of benzene rings is 1. The van der Waals surface area contributed by atoms with Crippen LogP contribution in [-0.2, 0) is 11.3 Å². The quantitative estimate of drug-likeness (QED) is 0.735. The maximum absolute atomic E-state index is 9.38. The average Bonchev–Trinajstić information content (AvgIpc) is 2.20. The molecule has 0 saturated heterocycles. The van der Waals surface area contributed by atoms with Crippen LogP contribution in [0.15, 0.2) is 30.3 Å². The van der Waals surface area contributed by atoms with Crippen molar-refractivity contribution in [3.63, 3.8) is 0 Å². The topological polar surface area (TPSA) is 87.1 Å². The molecule has 0 fully saturated rings. The second-order valence-corrected chi connectivity index (χ2v) is 2.42. The number of nitrogens with zero attached hydrogens (tertiary/aromatic N) is 1. The molecule has 0 radical (unpaired) electrons. The number of carboxylic acid groups (broad SMARTS) is 1. The van der Waals surface area contributed by atoms with Crippen molar-refractivity contribution in [2.75, 3.05) is 0 Å². The van der Waals surface area contributed by atoms with Crippen LogP contribution in [0.1, 0.15) is 12.0 Å². The predicted molar refractivity (Wildman–Crippen MR) is 52.2 cm³/mol. The minimum Gasteiger partial charge on any atom is -0.480 e. The van der Waals surface area contributed by atoms with E-state index in [1.807, 2.05) is 30.3 Å². The van der Waals surface area contributed by atoms with Gasteiger partial charge in [-0.2, -0.15) is 5.26 Å². The maximum Gasteiger partial charge on any atom is 0.317 e. The summed E-state index contributed by atoms with van der Waals surface area (Å²) in [7, 11) is 0. The Bertz CT molecular complexity index is 304. The summed E-state index contributed by atoms with van der Waals surface area (Å²) in [4.78, 5) is 9.38. The number of aliphatic carboxylic acids is 1. The van der Waals surface area contributed by atoms with Crippen molar-refractivity contribution in [2.24, 2.45) is 5.73 Å². The first-order valence-electron chi connectivity index (χ1n) is 4.03. The standard InChI is InChI=1S/C7H9N.C3H3NO2/c8-6-7-4-2-1-3-5-7;4-2-1-3(5)6/h1-5H,6,8H2;1H2,(H,5,6). The number of carboxylic acids is 1. The highest BCUT2D eigenvalue weighted by molar-refractivity contribution is 5.69. The van der Waals surface area contributed by atoms with Gasteiger partial charge in [-0.1, -0.05) is 30.3 Å². The van der Waals surface area contributed by atoms with Crippen LogP contribution in [0, 0.1) is 11.3 Å². The minimum atomic E-state index is -1.07. The lowest BCUT2D eigenvalue weighted by Crippen LogP contribution is -1.94. The van der Waals surface area contributed by atoms with E-state index in [4.69, 9.17) is 16.1 Å². The molecule has 74 valence electrons. The third kappa shape index (κ3) is 6.83. The molecule has 14 heavy (non-hydrogen) atoms. The number of nitriles is 1. The molecule has 1 aromatic carbocycles. The van der Waals surface area contributed by atoms with Crippen molar-refractivity contribution in [1.29, 1.82) is 5.26 Å². The first-order chi connectivity index (χ1) is 6.70. The van der Waals surface area contributed by atoms with Crippen LogP contribution in [0.25, 0.3) is 0 Å². The fourth-order valence-corrected chi connectivity index (χ4v) is 0.682. The van der Waals surface area contributed by atoms with E-state index >= 15 is 0 Å². The smallest absolute Gasteiger partial charge is 0.317 e. The fourth-order valence-electron chi connectivity index (χ4n) is 0.682. The van der Waals surface area contributed by atoms with Crippen molar-refractivity contribution in [1.82, 2.24) is 0 Å². The van der Waals surface area contributed by atoms with Gasteiger partial charge in [0, 0.05) is 6.54 Å². The molecule has 0 spiro atoms. The van der Waals surface area contributed by atoms with E-state index in [1.54, 1.807) is 0 Å². The monoisotopic (exact) mass is 192 g/mol. The number of rotatable bonds is 2. The Morgan fingerprint density at radius 1 is 1.43 bits per heavy atom. The van der Waals surface area contributed by atoms with Gasteiger partial charge >= 0.3 is 5.97 Å². The summed E-state index contributed by atoms with van der Waals surface area (Å²) in [6.45, 7) is 0.640. The van der Waals surface area contributed by atoms with Gasteiger partial charge in [-0.15, -0.1) is 0 Å². The van der Waals surface area contributed by atoms with Gasteiger partial charge < -0.3 is 10.8 Å². The first-order valence-corrected chi connectivity index (χ1v) is 4.03. The fraction of sp³-hybridized carbons (Fsp3) is 0.200. The lowest BCUT2D eigenvalue weighted by atomic mass is 10.2. The van der Waals surface area contributed by atoms with E-state index in [2.05, 4.69) is 0 Å². The number of hydrogen-bond acceptors (Lipinski definition) is 3. The summed E-state index contributed by atoms with van der Waals surface area (Å²) in [5.41, 5.74) is 6.54. The third-order valence-electron chi connectivity index (χ3n) is 1.31. The molecule has 4 nitrogen and oxygen atoms in total. The van der Waals surface area contributed by atoms with E-state index in [0.29, 0.717) is 6.54 Å². The van der Waals surface area contributed by atoms with Crippen molar-refractivity contribution >= 4 is 5.97 Å². The molecule has 0 unspecified atom stereocenters. The van der Waals surface area contributed by atoms with Crippen LogP contribution >= 0.6 is 0 Å². The van der Waals surface area contributed by atoms with E-state index in [1.165, 1.54) is 11.6 Å². The molecule has 0 heterocycles. The van der Waals surface area contributed by atoms with Gasteiger partial charge in [0.15, 0.2) is 0 Å². The maximum atomic E-state index is 9.38. The number of nitrogens with two attached hydrogens (primary N) is 1. The highest BCUT2D eigenvalue weighted by Crippen LogP contribution is 1.94. The van der Waals surface area contributed by atoms with Crippen LogP contribution in [0.4, 0.5) is 0 Å². The number of carbonyl (C=O) groups is 1. The van der Waals surface area contributed by atoms with Crippen molar-refractivity contribution in [3.8, 4) is 6.07 Å². The van der Waals surface area contributed by atoms with Gasteiger partial charge in [0.05, 0.1) is 6.07 Å². The Morgan fingerprint density at radius 3 is 2.21 bits per heavy atom. The normalized spacial score (nSPS) is 8.00. The molecule has 1 rings (SSSR count). The van der Waals surface area contributed by atoms with Crippen molar-refractivity contribution in [2.45, 2.75) is 13.0 Å². The molecule has 0 atom stereocenters. The Balaban J connectivity index is 0.000000255. The van der Waals surface area contributed by atoms with Crippen molar-refractivity contribution in [3.05, 3.63) is 35.9 Å². The molecule has 0 aliphatic heterocycles. The predicted octanol–water partition coefficient (Wildman–Crippen LogP) is 1.13. The molecule has 0 amide bonds. The van der Waals surface area contributed by atoms with Gasteiger partial charge in [-0.3, -0.25) is 4.79 Å². The van der Waals surface area contributed by atoms with Gasteiger partial charge in [-0.05, 0) is 5.56 Å². The van der Waals surface area contributed by atoms with E-state index in [-0.39, 0.29) is 0 Å². The van der Waals surface area contributed by atoms with E-state index in [9.17, 15) is 4.79 Å². The highest BCUT2D eigenvalue weighted by atomic mass is 16.4. The van der Waals surface area contributed by atoms with Crippen LogP contribution in [-0.4, -0.2) is 11.1 Å². The van der Waals surface area contributed by atoms with Gasteiger partial charge in [0.25, 0.3) is 0 Å². The van der Waals surface area contributed by atoms with Crippen LogP contribution < -0.4 is 5.73 Å². The first kappa shape index (κ1) is 12.1. The number of hydrogen-bond donors (Lipinski definition) is 2. The zero-order chi connectivity index (χ0) is 10.8. The second-order valence-electron chi connectivity index (χ2n) is 2.42. The van der Waals surface area contributed by atoms with E-state index in [0.717, 1.165) is 0 Å². The summed E-state index contributed by atoms with van der Waals surface area (Å²) < 4.78 is 0. The summed E-state index contributed by atoms with van der Waals surface area (Å²) in [5.74, 6) is -1.07. The summed E-state index contributed by atoms with van der Waals surface area (Å²) in [6, 6.07) is 11.5. The lowest BCUT2D eigenvalue weighted by Gasteiger charge is -1.90. The SMILES string of the molecule is N#CCC(=O)O.NCc1ccccc1. The second kappa shape index (κ2) is 7.77. The van der Waals surface area contributed by atoms with Crippen LogP contribution in [0.3, 0.4) is 0 Å². The lowest BCUT2D eigenvalue weighted by molar-refractivity contribution is -0.135. The summed E-state index contributed by atoms with van der Waals surface area (Å²) in [6.07, 6.45) is -0.403. The third-order valence-corrected chi connectivity index (χ3v) is 1.31. The zero-order valence-corrected chi connectivity index (χ0v) is 7.68. The van der Waals surface area contributed by atoms with Gasteiger partial charge in [0.2, 0.25) is 0 Å². The molecule has 0 aliphatic rings. The van der Waals surface area contributed by atoms with Crippen LogP contribution in [0.5, 0.6) is 0 Å². The molecule has 0 bridgehead atoms. The summed E-state index contributed by atoms with van der Waals surface area (Å²) in [5, 5.41) is 15.3. The Hall–Kier alpha value is -1.86. The van der Waals surface area contributed by atoms with Crippen LogP contribution in [0.2, 0.25) is 0 Å².